The van der Waals surface area contributed by atoms with Gasteiger partial charge in [0.2, 0.25) is 0 Å². The van der Waals surface area contributed by atoms with Gasteiger partial charge in [-0.3, -0.25) is 0 Å². The standard InChI is InChI=1S/C10H15BrO2/c1-7(12)2-3-8-6-9(11)4-5-10(8)13/h4,6-7,10,12-13H,2-3,5H2,1H3. The van der Waals surface area contributed by atoms with Crippen LogP contribution in [0.15, 0.2) is 22.2 Å². The highest BCUT2D eigenvalue weighted by Crippen LogP contribution is 2.25. The fourth-order valence-corrected chi connectivity index (χ4v) is 1.80. The van der Waals surface area contributed by atoms with Crippen LogP contribution in [-0.2, 0) is 0 Å². The van der Waals surface area contributed by atoms with Crippen molar-refractivity contribution in [3.8, 4) is 0 Å². The first-order valence-electron chi connectivity index (χ1n) is 4.52. The zero-order valence-corrected chi connectivity index (χ0v) is 9.29. The third-order valence-corrected chi connectivity index (χ3v) is 2.69. The summed E-state index contributed by atoms with van der Waals surface area (Å²) in [6.45, 7) is 1.76. The van der Waals surface area contributed by atoms with E-state index in [4.69, 9.17) is 5.11 Å². The van der Waals surface area contributed by atoms with Crippen LogP contribution < -0.4 is 0 Å². The molecule has 0 radical (unpaired) electrons. The third-order valence-electron chi connectivity index (χ3n) is 2.14. The molecule has 1 rings (SSSR count). The van der Waals surface area contributed by atoms with Gasteiger partial charge >= 0.3 is 0 Å². The Balaban J connectivity index is 2.51. The van der Waals surface area contributed by atoms with Crippen LogP contribution in [0.5, 0.6) is 0 Å². The molecule has 0 heterocycles. The summed E-state index contributed by atoms with van der Waals surface area (Å²) in [5.74, 6) is 0. The second-order valence-electron chi connectivity index (χ2n) is 3.45. The summed E-state index contributed by atoms with van der Waals surface area (Å²) < 4.78 is 1.03. The van der Waals surface area contributed by atoms with Gasteiger partial charge in [-0.05, 0) is 37.8 Å². The summed E-state index contributed by atoms with van der Waals surface area (Å²) >= 11 is 3.37. The Labute approximate surface area is 87.1 Å². The number of hydrogen-bond donors (Lipinski definition) is 2. The number of aliphatic hydroxyl groups is 2. The lowest BCUT2D eigenvalue weighted by Gasteiger charge is -2.18. The molecule has 0 bridgehead atoms. The summed E-state index contributed by atoms with van der Waals surface area (Å²) in [7, 11) is 0. The average Bonchev–Trinajstić information content (AvgIpc) is 2.06. The topological polar surface area (TPSA) is 40.5 Å². The molecular formula is C10H15BrO2. The van der Waals surface area contributed by atoms with E-state index in [0.29, 0.717) is 12.8 Å². The van der Waals surface area contributed by atoms with E-state index in [9.17, 15) is 5.11 Å². The molecule has 0 aromatic heterocycles. The lowest BCUT2D eigenvalue weighted by molar-refractivity contribution is 0.173. The third kappa shape index (κ3) is 3.63. The fourth-order valence-electron chi connectivity index (χ4n) is 1.32. The number of rotatable bonds is 3. The lowest BCUT2D eigenvalue weighted by Crippen LogP contribution is -2.13. The fraction of sp³-hybridized carbons (Fsp3) is 0.600. The van der Waals surface area contributed by atoms with Crippen LogP contribution in [0, 0.1) is 0 Å². The molecule has 3 heteroatoms. The molecule has 0 saturated carbocycles. The average molecular weight is 247 g/mol. The molecule has 0 saturated heterocycles. The summed E-state index contributed by atoms with van der Waals surface area (Å²) in [6.07, 6.45) is 5.39. The van der Waals surface area contributed by atoms with Crippen molar-refractivity contribution in [1.82, 2.24) is 0 Å². The summed E-state index contributed by atoms with van der Waals surface area (Å²) in [6, 6.07) is 0. The van der Waals surface area contributed by atoms with Gasteiger partial charge in [-0.2, -0.15) is 0 Å². The Hall–Kier alpha value is -0.120. The van der Waals surface area contributed by atoms with Crippen LogP contribution in [0.25, 0.3) is 0 Å². The minimum absolute atomic E-state index is 0.294. The molecule has 0 aliphatic heterocycles. The molecule has 74 valence electrons. The highest BCUT2D eigenvalue weighted by atomic mass is 79.9. The van der Waals surface area contributed by atoms with E-state index < -0.39 is 0 Å². The van der Waals surface area contributed by atoms with Crippen molar-refractivity contribution in [1.29, 1.82) is 0 Å². The monoisotopic (exact) mass is 246 g/mol. The minimum atomic E-state index is -0.361. The predicted octanol–water partition coefficient (Wildman–Crippen LogP) is 2.12. The molecule has 2 N–H and O–H groups in total. The highest BCUT2D eigenvalue weighted by Gasteiger charge is 2.14. The van der Waals surface area contributed by atoms with Gasteiger partial charge in [-0.1, -0.05) is 22.0 Å². The predicted molar refractivity (Wildman–Crippen MR) is 56.6 cm³/mol. The summed E-state index contributed by atoms with van der Waals surface area (Å²) in [5, 5.41) is 18.7. The quantitative estimate of drug-likeness (QED) is 0.801. The van der Waals surface area contributed by atoms with Gasteiger partial charge in [0.15, 0.2) is 0 Å². The Morgan fingerprint density at radius 2 is 2.38 bits per heavy atom. The molecule has 0 aromatic carbocycles. The molecule has 1 aliphatic carbocycles. The second-order valence-corrected chi connectivity index (χ2v) is 4.36. The molecular weight excluding hydrogens is 232 g/mol. The van der Waals surface area contributed by atoms with Gasteiger partial charge in [-0.25, -0.2) is 0 Å². The second kappa shape index (κ2) is 4.94. The maximum Gasteiger partial charge on any atom is 0.0788 e. The summed E-state index contributed by atoms with van der Waals surface area (Å²) in [5.41, 5.74) is 1.01. The van der Waals surface area contributed by atoms with E-state index in [1.165, 1.54) is 0 Å². The highest BCUT2D eigenvalue weighted by molar-refractivity contribution is 9.11. The smallest absolute Gasteiger partial charge is 0.0788 e. The zero-order valence-electron chi connectivity index (χ0n) is 7.70. The molecule has 0 fully saturated rings. The van der Waals surface area contributed by atoms with Gasteiger partial charge in [-0.15, -0.1) is 0 Å². The van der Waals surface area contributed by atoms with E-state index in [2.05, 4.69) is 15.9 Å². The molecule has 0 amide bonds. The van der Waals surface area contributed by atoms with Crippen molar-refractivity contribution < 1.29 is 10.2 Å². The molecule has 1 aliphatic rings. The van der Waals surface area contributed by atoms with E-state index in [-0.39, 0.29) is 12.2 Å². The first-order chi connectivity index (χ1) is 6.09. The number of halogens is 1. The molecule has 2 unspecified atom stereocenters. The largest absolute Gasteiger partial charge is 0.393 e. The van der Waals surface area contributed by atoms with E-state index in [1.54, 1.807) is 6.92 Å². The SMILES string of the molecule is CC(O)CCC1=CC(Br)=CCC1O. The Morgan fingerprint density at radius 1 is 1.69 bits per heavy atom. The minimum Gasteiger partial charge on any atom is -0.393 e. The van der Waals surface area contributed by atoms with Crippen LogP contribution in [0.2, 0.25) is 0 Å². The lowest BCUT2D eigenvalue weighted by atomic mass is 9.96. The maximum atomic E-state index is 9.58. The van der Waals surface area contributed by atoms with Crippen molar-refractivity contribution in [2.45, 2.75) is 38.4 Å². The molecule has 13 heavy (non-hydrogen) atoms. The zero-order chi connectivity index (χ0) is 9.84. The molecule has 2 nitrogen and oxygen atoms in total. The van der Waals surface area contributed by atoms with E-state index >= 15 is 0 Å². The van der Waals surface area contributed by atoms with Crippen LogP contribution in [0.1, 0.15) is 26.2 Å². The van der Waals surface area contributed by atoms with Crippen molar-refractivity contribution in [3.05, 3.63) is 22.2 Å². The van der Waals surface area contributed by atoms with Crippen molar-refractivity contribution >= 4 is 15.9 Å². The summed E-state index contributed by atoms with van der Waals surface area (Å²) in [4.78, 5) is 0. The molecule has 0 spiro atoms. The van der Waals surface area contributed by atoms with Crippen LogP contribution >= 0.6 is 15.9 Å². The van der Waals surface area contributed by atoms with Gasteiger partial charge < -0.3 is 10.2 Å². The van der Waals surface area contributed by atoms with Crippen molar-refractivity contribution in [2.75, 3.05) is 0 Å². The Morgan fingerprint density at radius 3 is 3.00 bits per heavy atom. The van der Waals surface area contributed by atoms with E-state index in [1.807, 2.05) is 12.2 Å². The van der Waals surface area contributed by atoms with Gasteiger partial charge in [0.05, 0.1) is 12.2 Å². The molecule has 0 aromatic rings. The van der Waals surface area contributed by atoms with Crippen LogP contribution in [0.3, 0.4) is 0 Å². The van der Waals surface area contributed by atoms with Gasteiger partial charge in [0.1, 0.15) is 0 Å². The Kier molecular flexibility index (Phi) is 4.16. The number of aliphatic hydroxyl groups excluding tert-OH is 2. The van der Waals surface area contributed by atoms with E-state index in [0.717, 1.165) is 16.5 Å². The van der Waals surface area contributed by atoms with Crippen molar-refractivity contribution in [2.24, 2.45) is 0 Å². The molecule has 2 atom stereocenters. The van der Waals surface area contributed by atoms with Crippen molar-refractivity contribution in [3.63, 3.8) is 0 Å². The number of allylic oxidation sites excluding steroid dienone is 2. The first kappa shape index (κ1) is 11.0. The maximum absolute atomic E-state index is 9.58. The van der Waals surface area contributed by atoms with Gasteiger partial charge in [0.25, 0.3) is 0 Å². The van der Waals surface area contributed by atoms with Gasteiger partial charge in [0, 0.05) is 4.48 Å². The van der Waals surface area contributed by atoms with Crippen LogP contribution in [0.4, 0.5) is 0 Å². The van der Waals surface area contributed by atoms with Crippen LogP contribution in [-0.4, -0.2) is 22.4 Å². The normalized spacial score (nSPS) is 25.1. The first-order valence-corrected chi connectivity index (χ1v) is 5.31. The number of hydrogen-bond acceptors (Lipinski definition) is 2. The Bertz CT molecular complexity index is 231.